The van der Waals surface area contributed by atoms with E-state index in [1.54, 1.807) is 0 Å². The Morgan fingerprint density at radius 1 is 0.946 bits per heavy atom. The molecule has 0 saturated carbocycles. The van der Waals surface area contributed by atoms with Gasteiger partial charge in [-0.25, -0.2) is 0 Å². The van der Waals surface area contributed by atoms with Gasteiger partial charge in [0.25, 0.3) is 5.91 Å². The number of piperidine rings is 1. The lowest BCUT2D eigenvalue weighted by atomic mass is 9.93. The summed E-state index contributed by atoms with van der Waals surface area (Å²) in [7, 11) is 0. The molecule has 7 heteroatoms. The van der Waals surface area contributed by atoms with E-state index in [1.165, 1.54) is 0 Å². The van der Waals surface area contributed by atoms with Gasteiger partial charge >= 0.3 is 0 Å². The molecule has 5 N–H and O–H groups in total. The van der Waals surface area contributed by atoms with Gasteiger partial charge in [0.05, 0.1) is 0 Å². The van der Waals surface area contributed by atoms with Crippen LogP contribution in [0.15, 0.2) is 78.9 Å². The first-order chi connectivity index (χ1) is 18.0. The molecule has 0 atom stereocenters. The summed E-state index contributed by atoms with van der Waals surface area (Å²) >= 11 is 0. The topological polar surface area (TPSA) is 110 Å². The number of nitrogens with two attached hydrogens (primary N) is 2. The van der Waals surface area contributed by atoms with Crippen LogP contribution < -0.4 is 16.2 Å². The molecule has 1 aliphatic heterocycles. The Kier molecular flexibility index (Phi) is 7.23. The fourth-order valence-corrected chi connectivity index (χ4v) is 5.06. The number of aromatic nitrogens is 1. The van der Waals surface area contributed by atoms with Crippen LogP contribution in [-0.4, -0.2) is 40.8 Å². The van der Waals surface area contributed by atoms with Gasteiger partial charge in [-0.05, 0) is 73.7 Å². The Morgan fingerprint density at radius 2 is 1.65 bits per heavy atom. The molecule has 1 saturated heterocycles. The van der Waals surface area contributed by atoms with E-state index in [0.29, 0.717) is 30.3 Å². The van der Waals surface area contributed by atoms with E-state index in [4.69, 9.17) is 21.6 Å². The molecule has 4 aromatic rings. The molecule has 1 fully saturated rings. The molecule has 5 rings (SSSR count). The molecule has 37 heavy (non-hydrogen) atoms. The monoisotopic (exact) mass is 495 g/mol. The Labute approximate surface area is 217 Å². The van der Waals surface area contributed by atoms with Crippen LogP contribution in [0.25, 0.3) is 10.9 Å². The Bertz CT molecular complexity index is 1390. The Morgan fingerprint density at radius 3 is 2.32 bits per heavy atom. The van der Waals surface area contributed by atoms with Gasteiger partial charge < -0.3 is 25.7 Å². The lowest BCUT2D eigenvalue weighted by Gasteiger charge is -2.32. The summed E-state index contributed by atoms with van der Waals surface area (Å²) in [6.07, 6.45) is 2.99. The second kappa shape index (κ2) is 10.9. The van der Waals surface area contributed by atoms with Crippen LogP contribution in [0.4, 0.5) is 0 Å². The number of nitrogens with zero attached hydrogens (tertiary/aromatic N) is 2. The van der Waals surface area contributed by atoms with Crippen molar-refractivity contribution in [3.8, 4) is 11.5 Å². The van der Waals surface area contributed by atoms with E-state index in [-0.39, 0.29) is 11.7 Å². The smallest absolute Gasteiger partial charge is 0.270 e. The number of benzene rings is 3. The van der Waals surface area contributed by atoms with Gasteiger partial charge in [0.2, 0.25) is 0 Å². The van der Waals surface area contributed by atoms with E-state index >= 15 is 0 Å². The van der Waals surface area contributed by atoms with Crippen LogP contribution >= 0.6 is 0 Å². The average molecular weight is 496 g/mol. The number of hydrogen-bond acceptors (Lipinski definition) is 4. The van der Waals surface area contributed by atoms with Gasteiger partial charge in [-0.2, -0.15) is 0 Å². The standard InChI is InChI=1S/C30H33N5O2/c31-15-12-21-13-16-34(17-14-21)30(36)28-18-23-8-9-24(29(32)33)19-27(23)35(28)20-22-6-10-26(11-7-22)37-25-4-2-1-3-5-25/h1-11,18-19,21H,12-17,20,31H2,(H3,32,33). The van der Waals surface area contributed by atoms with Gasteiger partial charge in [-0.1, -0.05) is 42.5 Å². The average Bonchev–Trinajstić information content (AvgIpc) is 3.28. The van der Waals surface area contributed by atoms with Crippen LogP contribution in [0.1, 0.15) is 40.9 Å². The van der Waals surface area contributed by atoms with Gasteiger partial charge in [0.1, 0.15) is 23.0 Å². The number of fused-ring (bicyclic) bond motifs is 1. The molecule has 0 radical (unpaired) electrons. The summed E-state index contributed by atoms with van der Waals surface area (Å²) in [5.74, 6) is 2.17. The molecule has 0 spiro atoms. The minimum atomic E-state index is 0.00640. The van der Waals surface area contributed by atoms with Crippen LogP contribution in [-0.2, 0) is 6.54 Å². The molecule has 0 unspecified atom stereocenters. The summed E-state index contributed by atoms with van der Waals surface area (Å²) in [6.45, 7) is 2.70. The second-order valence-corrected chi connectivity index (χ2v) is 9.67. The van der Waals surface area contributed by atoms with Crippen LogP contribution in [0.2, 0.25) is 0 Å². The number of hydrogen-bond donors (Lipinski definition) is 3. The number of rotatable bonds is 8. The quantitative estimate of drug-likeness (QED) is 0.237. The van der Waals surface area contributed by atoms with E-state index < -0.39 is 0 Å². The van der Waals surface area contributed by atoms with Crippen molar-refractivity contribution in [2.45, 2.75) is 25.8 Å². The van der Waals surface area contributed by atoms with Crippen molar-refractivity contribution in [2.75, 3.05) is 19.6 Å². The Balaban J connectivity index is 1.43. The van der Waals surface area contributed by atoms with Crippen molar-refractivity contribution in [3.05, 3.63) is 95.7 Å². The second-order valence-electron chi connectivity index (χ2n) is 9.67. The summed E-state index contributed by atoms with van der Waals surface area (Å²) in [6, 6.07) is 25.2. The van der Waals surface area contributed by atoms with Crippen molar-refractivity contribution in [1.29, 1.82) is 5.41 Å². The maximum atomic E-state index is 13.7. The molecule has 0 aliphatic carbocycles. The highest BCUT2D eigenvalue weighted by Crippen LogP contribution is 2.28. The predicted molar refractivity (Wildman–Crippen MR) is 147 cm³/mol. The number of amides is 1. The zero-order valence-electron chi connectivity index (χ0n) is 20.9. The third-order valence-corrected chi connectivity index (χ3v) is 7.15. The SMILES string of the molecule is N=C(N)c1ccc2cc(C(=O)N3CCC(CCN)CC3)n(Cc3ccc(Oc4ccccc4)cc3)c2c1. The molecule has 2 heterocycles. The van der Waals surface area contributed by atoms with E-state index in [2.05, 4.69) is 0 Å². The highest BCUT2D eigenvalue weighted by atomic mass is 16.5. The van der Waals surface area contributed by atoms with Gasteiger partial charge in [0, 0.05) is 36.1 Å². The summed E-state index contributed by atoms with van der Waals surface area (Å²) in [5, 5.41) is 8.85. The third-order valence-electron chi connectivity index (χ3n) is 7.15. The molecule has 1 amide bonds. The minimum absolute atomic E-state index is 0.00640. The van der Waals surface area contributed by atoms with Crippen LogP contribution in [0, 0.1) is 11.3 Å². The molecule has 0 bridgehead atoms. The van der Waals surface area contributed by atoms with Crippen molar-refractivity contribution in [2.24, 2.45) is 17.4 Å². The lowest BCUT2D eigenvalue weighted by Crippen LogP contribution is -2.39. The highest BCUT2D eigenvalue weighted by Gasteiger charge is 2.26. The van der Waals surface area contributed by atoms with Gasteiger partial charge in [-0.3, -0.25) is 10.2 Å². The predicted octanol–water partition coefficient (Wildman–Crippen LogP) is 4.97. The maximum Gasteiger partial charge on any atom is 0.270 e. The first kappa shape index (κ1) is 24.6. The van der Waals surface area contributed by atoms with E-state index in [1.807, 2.05) is 88.3 Å². The summed E-state index contributed by atoms with van der Waals surface area (Å²) < 4.78 is 7.98. The molecular weight excluding hydrogens is 462 g/mol. The summed E-state index contributed by atoms with van der Waals surface area (Å²) in [4.78, 5) is 15.7. The lowest BCUT2D eigenvalue weighted by molar-refractivity contribution is 0.0678. The van der Waals surface area contributed by atoms with Crippen molar-refractivity contribution >= 4 is 22.6 Å². The summed E-state index contributed by atoms with van der Waals surface area (Å²) in [5.41, 5.74) is 14.8. The molecule has 190 valence electrons. The first-order valence-corrected chi connectivity index (χ1v) is 12.8. The number of amidine groups is 1. The number of para-hydroxylation sites is 1. The number of carbonyl (C=O) groups is 1. The highest BCUT2D eigenvalue weighted by molar-refractivity contribution is 6.02. The zero-order valence-corrected chi connectivity index (χ0v) is 20.9. The number of nitrogens with one attached hydrogen (secondary N) is 1. The maximum absolute atomic E-state index is 13.7. The molecule has 3 aromatic carbocycles. The third kappa shape index (κ3) is 5.52. The number of carbonyl (C=O) groups excluding carboxylic acids is 1. The van der Waals surface area contributed by atoms with Crippen molar-refractivity contribution in [1.82, 2.24) is 9.47 Å². The fraction of sp³-hybridized carbons (Fsp3) is 0.267. The van der Waals surface area contributed by atoms with Crippen LogP contribution in [0.5, 0.6) is 11.5 Å². The largest absolute Gasteiger partial charge is 0.457 e. The molecule has 7 nitrogen and oxygen atoms in total. The normalized spacial score (nSPS) is 14.1. The van der Waals surface area contributed by atoms with Crippen molar-refractivity contribution in [3.63, 3.8) is 0 Å². The van der Waals surface area contributed by atoms with E-state index in [9.17, 15) is 4.79 Å². The van der Waals surface area contributed by atoms with Gasteiger partial charge in [-0.15, -0.1) is 0 Å². The number of likely N-dealkylation sites (tertiary alicyclic amines) is 1. The number of nitrogen functional groups attached to an aromatic ring is 1. The van der Waals surface area contributed by atoms with Gasteiger partial charge in [0.15, 0.2) is 0 Å². The minimum Gasteiger partial charge on any atom is -0.457 e. The van der Waals surface area contributed by atoms with Crippen molar-refractivity contribution < 1.29 is 9.53 Å². The molecular formula is C30H33N5O2. The Hall–Kier alpha value is -4.10. The molecule has 1 aliphatic rings. The zero-order chi connectivity index (χ0) is 25.8. The number of ether oxygens (including phenoxy) is 1. The van der Waals surface area contributed by atoms with E-state index in [0.717, 1.165) is 60.3 Å². The fourth-order valence-electron chi connectivity index (χ4n) is 5.06. The first-order valence-electron chi connectivity index (χ1n) is 12.8. The molecule has 1 aromatic heterocycles. The van der Waals surface area contributed by atoms with Crippen LogP contribution in [0.3, 0.4) is 0 Å².